The van der Waals surface area contributed by atoms with Gasteiger partial charge in [0.15, 0.2) is 0 Å². The zero-order valence-electron chi connectivity index (χ0n) is 15.2. The van der Waals surface area contributed by atoms with Crippen LogP contribution in [0.5, 0.6) is 0 Å². The molecule has 3 nitrogen and oxygen atoms in total. The Hall–Kier alpha value is -1.43. The lowest BCUT2D eigenvalue weighted by Gasteiger charge is -2.37. The first-order valence-electron chi connectivity index (χ1n) is 9.21. The Kier molecular flexibility index (Phi) is 3.41. The first kappa shape index (κ1) is 16.7. The number of amides is 1. The molecule has 1 aromatic carbocycles. The van der Waals surface area contributed by atoms with Gasteiger partial charge < -0.3 is 10.4 Å². The second-order valence-electron chi connectivity index (χ2n) is 8.65. The molecule has 1 amide bonds. The molecule has 4 atom stereocenters. The summed E-state index contributed by atoms with van der Waals surface area (Å²) in [5.41, 5.74) is -0.0635. The van der Waals surface area contributed by atoms with E-state index < -0.39 is 6.10 Å². The molecule has 2 N–H and O–H groups in total. The Morgan fingerprint density at radius 3 is 2.69 bits per heavy atom. The summed E-state index contributed by atoms with van der Waals surface area (Å²) in [4.78, 5) is 13.7. The van der Waals surface area contributed by atoms with Crippen molar-refractivity contribution in [3.8, 4) is 0 Å². The molecule has 5 rings (SSSR count). The van der Waals surface area contributed by atoms with Crippen molar-refractivity contribution in [2.45, 2.75) is 45.8 Å². The molecular weight excluding hydrogens is 362 g/mol. The number of fused-ring (bicyclic) bond motifs is 5. The van der Waals surface area contributed by atoms with Gasteiger partial charge in [-0.05, 0) is 53.8 Å². The molecule has 26 heavy (non-hydrogen) atoms. The van der Waals surface area contributed by atoms with E-state index in [0.29, 0.717) is 5.92 Å². The van der Waals surface area contributed by atoms with Crippen LogP contribution in [0.25, 0.3) is 20.2 Å². The fraction of sp³-hybridized carbons (Fsp3) is 0.476. The van der Waals surface area contributed by atoms with E-state index in [9.17, 15) is 9.90 Å². The molecule has 2 bridgehead atoms. The topological polar surface area (TPSA) is 49.3 Å². The predicted octanol–water partition coefficient (Wildman–Crippen LogP) is 5.03. The largest absolute Gasteiger partial charge is 0.390 e. The van der Waals surface area contributed by atoms with E-state index in [4.69, 9.17) is 0 Å². The molecule has 2 heterocycles. The third kappa shape index (κ3) is 1.99. The number of thiophene rings is 2. The van der Waals surface area contributed by atoms with Crippen molar-refractivity contribution >= 4 is 48.8 Å². The standard InChI is InChI=1S/C21H23NO2S2/c1-20(2)13-6-8-21(20,3)18(23)17(13)22-19(24)16-10-12-11-7-9-25-14(11)4-5-15(12)26-16/h4-5,7,9-10,13,17-18,23H,6,8H2,1-3H3,(H,22,24)/t13-,17-,18-,21+/m1/s1. The number of benzene rings is 1. The average Bonchev–Trinajstić information content (AvgIpc) is 3.30. The number of hydrogen-bond donors (Lipinski definition) is 2. The van der Waals surface area contributed by atoms with E-state index in [-0.39, 0.29) is 22.8 Å². The third-order valence-corrected chi connectivity index (χ3v) is 9.44. The maximum Gasteiger partial charge on any atom is 0.261 e. The highest BCUT2D eigenvalue weighted by molar-refractivity contribution is 7.21. The van der Waals surface area contributed by atoms with E-state index >= 15 is 0 Å². The Balaban J connectivity index is 1.47. The normalized spacial score (nSPS) is 32.5. The summed E-state index contributed by atoms with van der Waals surface area (Å²) in [6.45, 7) is 6.66. The van der Waals surface area contributed by atoms with Gasteiger partial charge in [0, 0.05) is 25.6 Å². The summed E-state index contributed by atoms with van der Waals surface area (Å²) in [6, 6.07) is 8.22. The molecule has 2 aliphatic carbocycles. The minimum atomic E-state index is -0.474. The summed E-state index contributed by atoms with van der Waals surface area (Å²) in [6.07, 6.45) is 1.64. The zero-order valence-corrected chi connectivity index (χ0v) is 16.8. The average molecular weight is 386 g/mol. The molecule has 2 saturated carbocycles. The van der Waals surface area contributed by atoms with E-state index in [0.717, 1.165) is 27.8 Å². The van der Waals surface area contributed by atoms with Gasteiger partial charge in [-0.2, -0.15) is 0 Å². The molecule has 2 aliphatic rings. The van der Waals surface area contributed by atoms with E-state index in [1.165, 1.54) is 21.4 Å². The molecule has 0 saturated heterocycles. The van der Waals surface area contributed by atoms with Crippen molar-refractivity contribution in [1.29, 1.82) is 0 Å². The van der Waals surface area contributed by atoms with E-state index in [2.05, 4.69) is 49.7 Å². The first-order chi connectivity index (χ1) is 12.3. The minimum Gasteiger partial charge on any atom is -0.390 e. The van der Waals surface area contributed by atoms with Gasteiger partial charge in [-0.1, -0.05) is 20.8 Å². The number of nitrogens with one attached hydrogen (secondary N) is 1. The van der Waals surface area contributed by atoms with E-state index in [1.807, 2.05) is 6.07 Å². The van der Waals surface area contributed by atoms with Crippen LogP contribution in [-0.4, -0.2) is 23.2 Å². The Labute approximate surface area is 161 Å². The lowest BCUT2D eigenvalue weighted by molar-refractivity contribution is 0.000525. The van der Waals surface area contributed by atoms with Gasteiger partial charge in [-0.15, -0.1) is 22.7 Å². The number of hydrogen-bond acceptors (Lipinski definition) is 4. The Morgan fingerprint density at radius 2 is 1.96 bits per heavy atom. The smallest absolute Gasteiger partial charge is 0.261 e. The predicted molar refractivity (Wildman–Crippen MR) is 109 cm³/mol. The van der Waals surface area contributed by atoms with Gasteiger partial charge in [0.1, 0.15) is 0 Å². The number of carbonyl (C=O) groups is 1. The van der Waals surface area contributed by atoms with Gasteiger partial charge in [0.25, 0.3) is 5.91 Å². The van der Waals surface area contributed by atoms with Crippen LogP contribution >= 0.6 is 22.7 Å². The number of aliphatic hydroxyl groups excluding tert-OH is 1. The molecule has 0 aliphatic heterocycles. The van der Waals surface area contributed by atoms with Gasteiger partial charge >= 0.3 is 0 Å². The van der Waals surface area contributed by atoms with Crippen molar-refractivity contribution in [3.63, 3.8) is 0 Å². The van der Waals surface area contributed by atoms with Gasteiger partial charge in [0.05, 0.1) is 17.0 Å². The van der Waals surface area contributed by atoms with Crippen LogP contribution in [0, 0.1) is 16.7 Å². The molecule has 0 unspecified atom stereocenters. The van der Waals surface area contributed by atoms with Crippen LogP contribution < -0.4 is 5.32 Å². The molecule has 0 radical (unpaired) electrons. The lowest BCUT2D eigenvalue weighted by Crippen LogP contribution is -2.49. The van der Waals surface area contributed by atoms with Crippen molar-refractivity contribution in [2.75, 3.05) is 0 Å². The van der Waals surface area contributed by atoms with Crippen LogP contribution in [0.4, 0.5) is 0 Å². The summed E-state index contributed by atoms with van der Waals surface area (Å²) in [7, 11) is 0. The Morgan fingerprint density at radius 1 is 1.19 bits per heavy atom. The summed E-state index contributed by atoms with van der Waals surface area (Å²) < 4.78 is 2.39. The molecule has 2 aromatic heterocycles. The summed E-state index contributed by atoms with van der Waals surface area (Å²) >= 11 is 3.26. The minimum absolute atomic E-state index is 0.0490. The number of carbonyl (C=O) groups excluding carboxylic acids is 1. The van der Waals surface area contributed by atoms with E-state index in [1.54, 1.807) is 11.3 Å². The first-order valence-corrected chi connectivity index (χ1v) is 10.9. The second-order valence-corrected chi connectivity index (χ2v) is 10.7. The van der Waals surface area contributed by atoms with Gasteiger partial charge in [0.2, 0.25) is 0 Å². The van der Waals surface area contributed by atoms with Crippen molar-refractivity contribution in [1.82, 2.24) is 5.32 Å². The lowest BCUT2D eigenvalue weighted by atomic mass is 9.70. The van der Waals surface area contributed by atoms with Crippen LogP contribution in [0.2, 0.25) is 0 Å². The maximum atomic E-state index is 13.0. The zero-order chi connectivity index (χ0) is 18.3. The quantitative estimate of drug-likeness (QED) is 0.650. The van der Waals surface area contributed by atoms with Crippen LogP contribution in [0.15, 0.2) is 29.6 Å². The van der Waals surface area contributed by atoms with Crippen LogP contribution in [0.3, 0.4) is 0 Å². The Bertz CT molecular complexity index is 1030. The van der Waals surface area contributed by atoms with Gasteiger partial charge in [-0.3, -0.25) is 4.79 Å². The number of rotatable bonds is 2. The fourth-order valence-corrected chi connectivity index (χ4v) is 7.20. The maximum absolute atomic E-state index is 13.0. The van der Waals surface area contributed by atoms with Gasteiger partial charge in [-0.25, -0.2) is 0 Å². The third-order valence-electron chi connectivity index (χ3n) is 7.45. The SMILES string of the molecule is CC1(C)[C@@H]2CC[C@@]1(C)[C@H](O)[C@@H]2NC(=O)c1cc2c(ccc3sccc32)s1. The van der Waals surface area contributed by atoms with Crippen molar-refractivity contribution in [3.05, 3.63) is 34.5 Å². The summed E-state index contributed by atoms with van der Waals surface area (Å²) in [5.74, 6) is 0.287. The molecule has 0 spiro atoms. The van der Waals surface area contributed by atoms with Crippen LogP contribution in [-0.2, 0) is 0 Å². The van der Waals surface area contributed by atoms with Crippen molar-refractivity contribution in [2.24, 2.45) is 16.7 Å². The highest BCUT2D eigenvalue weighted by Gasteiger charge is 2.66. The number of aliphatic hydroxyl groups is 1. The summed E-state index contributed by atoms with van der Waals surface area (Å²) in [5, 5.41) is 18.6. The van der Waals surface area contributed by atoms with Crippen LogP contribution in [0.1, 0.15) is 43.3 Å². The molecule has 2 fully saturated rings. The molecular formula is C21H23NO2S2. The van der Waals surface area contributed by atoms with Crippen molar-refractivity contribution < 1.29 is 9.90 Å². The highest BCUT2D eigenvalue weighted by Crippen LogP contribution is 2.65. The second kappa shape index (κ2) is 5.31. The molecule has 3 aromatic rings. The highest BCUT2D eigenvalue weighted by atomic mass is 32.1. The monoisotopic (exact) mass is 385 g/mol. The molecule has 5 heteroatoms. The molecule has 136 valence electrons. The fourth-order valence-electron chi connectivity index (χ4n) is 5.41.